The van der Waals surface area contributed by atoms with E-state index >= 15 is 0 Å². The zero-order valence-corrected chi connectivity index (χ0v) is 14.6. The zero-order chi connectivity index (χ0) is 17.4. The van der Waals surface area contributed by atoms with Gasteiger partial charge in [-0.2, -0.15) is 0 Å². The highest BCUT2D eigenvalue weighted by Gasteiger charge is 2.22. The smallest absolute Gasteiger partial charge is 0.315 e. The second-order valence-corrected chi connectivity index (χ2v) is 6.54. The summed E-state index contributed by atoms with van der Waals surface area (Å²) in [5, 5.41) is 5.46. The summed E-state index contributed by atoms with van der Waals surface area (Å²) in [4.78, 5) is 27.0. The van der Waals surface area contributed by atoms with Crippen LogP contribution >= 0.6 is 0 Å². The lowest BCUT2D eigenvalue weighted by atomic mass is 10.1. The molecule has 0 saturated carbocycles. The van der Waals surface area contributed by atoms with Crippen LogP contribution in [0.4, 0.5) is 4.79 Å². The fourth-order valence-electron chi connectivity index (χ4n) is 2.83. The molecule has 0 radical (unpaired) electrons. The molecule has 1 saturated heterocycles. The Bertz CT molecular complexity index is 533. The molecule has 1 atom stereocenters. The Morgan fingerprint density at radius 3 is 2.67 bits per heavy atom. The van der Waals surface area contributed by atoms with Crippen LogP contribution in [0.2, 0.25) is 0 Å². The van der Waals surface area contributed by atoms with Crippen molar-refractivity contribution < 1.29 is 9.59 Å². The minimum absolute atomic E-state index is 0.0344. The maximum Gasteiger partial charge on any atom is 0.315 e. The largest absolute Gasteiger partial charge is 0.347 e. The molecule has 0 aromatic heterocycles. The molecule has 24 heavy (non-hydrogen) atoms. The van der Waals surface area contributed by atoms with Crippen LogP contribution in [0.5, 0.6) is 0 Å². The van der Waals surface area contributed by atoms with Crippen molar-refractivity contribution in [1.82, 2.24) is 20.4 Å². The van der Waals surface area contributed by atoms with Gasteiger partial charge in [0.05, 0.1) is 6.54 Å². The number of rotatable bonds is 7. The molecule has 2 rings (SSSR count). The second kappa shape index (κ2) is 9.27. The predicted octanol–water partition coefficient (Wildman–Crippen LogP) is 0.938. The molecule has 0 spiro atoms. The third-order valence-corrected chi connectivity index (χ3v) is 4.38. The first-order valence-electron chi connectivity index (χ1n) is 8.52. The summed E-state index contributed by atoms with van der Waals surface area (Å²) in [6.07, 6.45) is 2.17. The van der Waals surface area contributed by atoms with E-state index in [9.17, 15) is 9.59 Å². The van der Waals surface area contributed by atoms with Gasteiger partial charge in [-0.3, -0.25) is 4.79 Å². The summed E-state index contributed by atoms with van der Waals surface area (Å²) >= 11 is 0. The summed E-state index contributed by atoms with van der Waals surface area (Å²) in [6.45, 7) is 3.85. The zero-order valence-electron chi connectivity index (χ0n) is 14.6. The first-order chi connectivity index (χ1) is 11.5. The molecule has 1 fully saturated rings. The lowest BCUT2D eigenvalue weighted by Crippen LogP contribution is -2.43. The van der Waals surface area contributed by atoms with Gasteiger partial charge in [0.2, 0.25) is 5.91 Å². The molecule has 6 nitrogen and oxygen atoms in total. The molecule has 132 valence electrons. The van der Waals surface area contributed by atoms with Gasteiger partial charge in [0.25, 0.3) is 0 Å². The summed E-state index contributed by atoms with van der Waals surface area (Å²) in [5.41, 5.74) is 1.36. The monoisotopic (exact) mass is 332 g/mol. The molecule has 3 amide bonds. The van der Waals surface area contributed by atoms with Gasteiger partial charge in [0, 0.05) is 33.7 Å². The number of urea groups is 1. The summed E-state index contributed by atoms with van der Waals surface area (Å²) < 4.78 is 0. The maximum atomic E-state index is 11.7. The van der Waals surface area contributed by atoms with Crippen molar-refractivity contribution >= 4 is 11.9 Å². The van der Waals surface area contributed by atoms with E-state index in [2.05, 4.69) is 39.8 Å². The number of carbonyl (C=O) groups excluding carboxylic acids is 2. The molecule has 1 heterocycles. The maximum absolute atomic E-state index is 11.7. The van der Waals surface area contributed by atoms with Crippen LogP contribution in [0, 0.1) is 5.92 Å². The molecular formula is C18H28N4O2. The fourth-order valence-corrected chi connectivity index (χ4v) is 2.83. The summed E-state index contributed by atoms with van der Waals surface area (Å²) in [5.74, 6) is 0.370. The Balaban J connectivity index is 1.60. The highest BCUT2D eigenvalue weighted by atomic mass is 16.2. The molecule has 1 aromatic rings. The van der Waals surface area contributed by atoms with E-state index in [1.54, 1.807) is 14.1 Å². The van der Waals surface area contributed by atoms with Crippen molar-refractivity contribution in [2.24, 2.45) is 5.92 Å². The van der Waals surface area contributed by atoms with Crippen LogP contribution in [0.15, 0.2) is 30.3 Å². The Hall–Kier alpha value is -2.08. The standard InChI is InChI=1S/C18H28N4O2/c1-21(2)17(23)13-20-18(24)19-12-16-9-11-22(14-16)10-8-15-6-4-3-5-7-15/h3-7,16H,8-14H2,1-2H3,(H2,19,20,24)/t16-/m1/s1. The molecule has 1 aliphatic rings. The van der Waals surface area contributed by atoms with Gasteiger partial charge in [0.1, 0.15) is 0 Å². The van der Waals surface area contributed by atoms with Gasteiger partial charge in [-0.15, -0.1) is 0 Å². The van der Waals surface area contributed by atoms with Crippen molar-refractivity contribution in [2.75, 3.05) is 46.8 Å². The summed E-state index contributed by atoms with van der Waals surface area (Å²) in [7, 11) is 3.34. The molecular weight excluding hydrogens is 304 g/mol. The van der Waals surface area contributed by atoms with E-state index in [0.29, 0.717) is 12.5 Å². The third-order valence-electron chi connectivity index (χ3n) is 4.38. The van der Waals surface area contributed by atoms with Gasteiger partial charge in [-0.05, 0) is 30.9 Å². The van der Waals surface area contributed by atoms with Crippen LogP contribution < -0.4 is 10.6 Å². The Morgan fingerprint density at radius 2 is 1.96 bits per heavy atom. The number of nitrogens with zero attached hydrogens (tertiary/aromatic N) is 2. The van der Waals surface area contributed by atoms with Crippen molar-refractivity contribution in [3.05, 3.63) is 35.9 Å². The number of carbonyl (C=O) groups is 2. The lowest BCUT2D eigenvalue weighted by Gasteiger charge is -2.16. The number of likely N-dealkylation sites (N-methyl/N-ethyl adjacent to an activating group) is 1. The number of amides is 3. The van der Waals surface area contributed by atoms with E-state index < -0.39 is 0 Å². The molecule has 6 heteroatoms. The SMILES string of the molecule is CN(C)C(=O)CNC(=O)NC[C@H]1CCN(CCc2ccccc2)C1. The molecule has 1 aromatic carbocycles. The number of hydrogen-bond donors (Lipinski definition) is 2. The van der Waals surface area contributed by atoms with Crippen molar-refractivity contribution in [1.29, 1.82) is 0 Å². The first kappa shape index (κ1) is 18.3. The number of nitrogens with one attached hydrogen (secondary N) is 2. The Kier molecular flexibility index (Phi) is 7.06. The third kappa shape index (κ3) is 6.20. The van der Waals surface area contributed by atoms with E-state index in [1.165, 1.54) is 10.5 Å². The van der Waals surface area contributed by atoms with Crippen molar-refractivity contribution in [3.8, 4) is 0 Å². The Labute approximate surface area is 144 Å². The number of hydrogen-bond acceptors (Lipinski definition) is 3. The lowest BCUT2D eigenvalue weighted by molar-refractivity contribution is -0.127. The van der Waals surface area contributed by atoms with Crippen molar-refractivity contribution in [2.45, 2.75) is 12.8 Å². The predicted molar refractivity (Wildman–Crippen MR) is 94.8 cm³/mol. The van der Waals surface area contributed by atoms with Gasteiger partial charge < -0.3 is 20.4 Å². The summed E-state index contributed by atoms with van der Waals surface area (Å²) in [6, 6.07) is 10.2. The normalized spacial score (nSPS) is 17.5. The topological polar surface area (TPSA) is 64.7 Å². The van der Waals surface area contributed by atoms with E-state index in [0.717, 1.165) is 32.5 Å². The highest BCUT2D eigenvalue weighted by Crippen LogP contribution is 2.15. The average molecular weight is 332 g/mol. The van der Waals surface area contributed by atoms with Gasteiger partial charge >= 0.3 is 6.03 Å². The Morgan fingerprint density at radius 1 is 1.21 bits per heavy atom. The van der Waals surface area contributed by atoms with E-state index in [4.69, 9.17) is 0 Å². The second-order valence-electron chi connectivity index (χ2n) is 6.54. The number of likely N-dealkylation sites (tertiary alicyclic amines) is 1. The van der Waals surface area contributed by atoms with Crippen LogP contribution in [-0.2, 0) is 11.2 Å². The van der Waals surface area contributed by atoms with Gasteiger partial charge in [-0.25, -0.2) is 4.79 Å². The number of benzene rings is 1. The fraction of sp³-hybridized carbons (Fsp3) is 0.556. The molecule has 0 aliphatic carbocycles. The minimum Gasteiger partial charge on any atom is -0.347 e. The minimum atomic E-state index is -0.270. The molecule has 1 aliphatic heterocycles. The molecule has 0 unspecified atom stereocenters. The first-order valence-corrected chi connectivity index (χ1v) is 8.52. The van der Waals surface area contributed by atoms with Gasteiger partial charge in [-0.1, -0.05) is 30.3 Å². The van der Waals surface area contributed by atoms with Gasteiger partial charge in [0.15, 0.2) is 0 Å². The van der Waals surface area contributed by atoms with Crippen molar-refractivity contribution in [3.63, 3.8) is 0 Å². The van der Waals surface area contributed by atoms with Crippen LogP contribution in [0.1, 0.15) is 12.0 Å². The van der Waals surface area contributed by atoms with Crippen LogP contribution in [-0.4, -0.2) is 68.6 Å². The van der Waals surface area contributed by atoms with E-state index in [1.807, 2.05) is 6.07 Å². The van der Waals surface area contributed by atoms with Crippen LogP contribution in [0.3, 0.4) is 0 Å². The van der Waals surface area contributed by atoms with E-state index in [-0.39, 0.29) is 18.5 Å². The molecule has 2 N–H and O–H groups in total. The van der Waals surface area contributed by atoms with Crippen LogP contribution in [0.25, 0.3) is 0 Å². The molecule has 0 bridgehead atoms. The highest BCUT2D eigenvalue weighted by molar-refractivity contribution is 5.83. The average Bonchev–Trinajstić information content (AvgIpc) is 3.04. The quantitative estimate of drug-likeness (QED) is 0.781.